The largest absolute Gasteiger partial charge is 0.363 e. The number of halogens is 1. The van der Waals surface area contributed by atoms with Crippen LogP contribution in [0.4, 0.5) is 5.82 Å². The van der Waals surface area contributed by atoms with Crippen molar-refractivity contribution in [3.8, 4) is 0 Å². The summed E-state index contributed by atoms with van der Waals surface area (Å²) in [6.45, 7) is 7.92. The highest BCUT2D eigenvalue weighted by atomic mass is 79.9. The number of pyridine rings is 1. The molecule has 0 aliphatic heterocycles. The number of hydrogen-bond donors (Lipinski definition) is 1. The van der Waals surface area contributed by atoms with E-state index in [1.807, 2.05) is 32.9 Å². The van der Waals surface area contributed by atoms with Crippen molar-refractivity contribution in [2.75, 3.05) is 5.32 Å². The summed E-state index contributed by atoms with van der Waals surface area (Å²) in [5, 5.41) is 7.33. The molecule has 0 aliphatic rings. The quantitative estimate of drug-likeness (QED) is 0.933. The molecule has 96 valence electrons. The smallest absolute Gasteiger partial charge is 0.139 e. The van der Waals surface area contributed by atoms with Gasteiger partial charge in [0.15, 0.2) is 0 Å². The monoisotopic (exact) mass is 309 g/mol. The molecule has 0 saturated carbocycles. The van der Waals surface area contributed by atoms with Crippen molar-refractivity contribution in [2.45, 2.75) is 33.7 Å². The number of aromatic nitrogens is 2. The second-order valence-corrected chi connectivity index (χ2v) is 5.22. The lowest BCUT2D eigenvalue weighted by molar-refractivity contribution is 0.392. The Labute approximate surface area is 115 Å². The first-order valence-corrected chi connectivity index (χ1v) is 6.60. The molecule has 2 rings (SSSR count). The van der Waals surface area contributed by atoms with Crippen molar-refractivity contribution in [3.05, 3.63) is 39.3 Å². The van der Waals surface area contributed by atoms with Crippen LogP contribution in [0.2, 0.25) is 0 Å². The van der Waals surface area contributed by atoms with Crippen LogP contribution in [0.25, 0.3) is 0 Å². The number of hydrogen-bond acceptors (Lipinski definition) is 4. The molecule has 0 amide bonds. The molecule has 1 N–H and O–H groups in total. The Hall–Kier alpha value is -1.36. The van der Waals surface area contributed by atoms with Gasteiger partial charge in [0.2, 0.25) is 0 Å². The molecule has 2 aromatic rings. The summed E-state index contributed by atoms with van der Waals surface area (Å²) >= 11 is 3.44. The molecular formula is C13H16BrN3O. The molecule has 1 atom stereocenters. The molecule has 0 fully saturated rings. The first-order valence-electron chi connectivity index (χ1n) is 5.81. The third-order valence-corrected chi connectivity index (χ3v) is 3.75. The predicted molar refractivity (Wildman–Crippen MR) is 74.7 cm³/mol. The number of anilines is 1. The topological polar surface area (TPSA) is 51.0 Å². The molecule has 1 unspecified atom stereocenters. The third-order valence-electron chi connectivity index (χ3n) is 2.91. The predicted octanol–water partition coefficient (Wildman–Crippen LogP) is 3.93. The number of rotatable bonds is 3. The maximum Gasteiger partial charge on any atom is 0.139 e. The lowest BCUT2D eigenvalue weighted by atomic mass is 10.1. The molecule has 0 saturated heterocycles. The van der Waals surface area contributed by atoms with Crippen molar-refractivity contribution in [1.82, 2.24) is 10.1 Å². The zero-order valence-corrected chi connectivity index (χ0v) is 12.5. The summed E-state index contributed by atoms with van der Waals surface area (Å²) in [6.07, 6.45) is 0. The maximum absolute atomic E-state index is 5.18. The lowest BCUT2D eigenvalue weighted by Gasteiger charge is -2.15. The van der Waals surface area contributed by atoms with E-state index in [0.717, 1.165) is 33.0 Å². The fraction of sp³-hybridized carbons (Fsp3) is 0.385. The van der Waals surface area contributed by atoms with Crippen LogP contribution in [0.15, 0.2) is 21.1 Å². The van der Waals surface area contributed by atoms with Gasteiger partial charge in [-0.05, 0) is 55.8 Å². The Kier molecular flexibility index (Phi) is 3.71. The minimum atomic E-state index is 0.115. The SMILES string of the molecule is Cc1nc(NC(C)c2c(C)noc2C)ccc1Br. The van der Waals surface area contributed by atoms with Crippen LogP contribution in [0, 0.1) is 20.8 Å². The van der Waals surface area contributed by atoms with E-state index < -0.39 is 0 Å². The Balaban J connectivity index is 2.21. The van der Waals surface area contributed by atoms with Crippen LogP contribution < -0.4 is 5.32 Å². The van der Waals surface area contributed by atoms with Gasteiger partial charge in [-0.3, -0.25) is 0 Å². The number of nitrogens with one attached hydrogen (secondary N) is 1. The molecule has 2 aromatic heterocycles. The molecule has 0 bridgehead atoms. The van der Waals surface area contributed by atoms with Crippen molar-refractivity contribution in [2.24, 2.45) is 0 Å². The van der Waals surface area contributed by atoms with Crippen LogP contribution in [0.3, 0.4) is 0 Å². The van der Waals surface area contributed by atoms with E-state index >= 15 is 0 Å². The van der Waals surface area contributed by atoms with Gasteiger partial charge >= 0.3 is 0 Å². The summed E-state index contributed by atoms with van der Waals surface area (Å²) in [7, 11) is 0. The Morgan fingerprint density at radius 2 is 1.94 bits per heavy atom. The highest BCUT2D eigenvalue weighted by Crippen LogP contribution is 2.25. The van der Waals surface area contributed by atoms with E-state index in [-0.39, 0.29) is 6.04 Å². The van der Waals surface area contributed by atoms with Crippen molar-refractivity contribution < 1.29 is 4.52 Å². The zero-order chi connectivity index (χ0) is 13.3. The van der Waals surface area contributed by atoms with E-state index in [4.69, 9.17) is 4.52 Å². The molecule has 0 radical (unpaired) electrons. The molecule has 4 nitrogen and oxygen atoms in total. The van der Waals surface area contributed by atoms with Crippen molar-refractivity contribution >= 4 is 21.7 Å². The van der Waals surface area contributed by atoms with E-state index in [1.54, 1.807) is 0 Å². The fourth-order valence-corrected chi connectivity index (χ4v) is 2.25. The van der Waals surface area contributed by atoms with Crippen LogP contribution in [-0.2, 0) is 0 Å². The lowest BCUT2D eigenvalue weighted by Crippen LogP contribution is -2.09. The van der Waals surface area contributed by atoms with Crippen LogP contribution in [0.5, 0.6) is 0 Å². The molecular weight excluding hydrogens is 294 g/mol. The summed E-state index contributed by atoms with van der Waals surface area (Å²) in [5.74, 6) is 1.70. The maximum atomic E-state index is 5.18. The van der Waals surface area contributed by atoms with Gasteiger partial charge in [-0.25, -0.2) is 4.98 Å². The highest BCUT2D eigenvalue weighted by molar-refractivity contribution is 9.10. The fourth-order valence-electron chi connectivity index (χ4n) is 2.03. The molecule has 0 aromatic carbocycles. The van der Waals surface area contributed by atoms with Crippen molar-refractivity contribution in [1.29, 1.82) is 0 Å². The molecule has 5 heteroatoms. The van der Waals surface area contributed by atoms with E-state index in [2.05, 4.69) is 38.3 Å². The van der Waals surface area contributed by atoms with Crippen LogP contribution >= 0.6 is 15.9 Å². The molecule has 2 heterocycles. The second kappa shape index (κ2) is 5.10. The van der Waals surface area contributed by atoms with Gasteiger partial charge in [-0.2, -0.15) is 0 Å². The van der Waals surface area contributed by atoms with Gasteiger partial charge in [-0.1, -0.05) is 5.16 Å². The Morgan fingerprint density at radius 3 is 2.50 bits per heavy atom. The summed E-state index contributed by atoms with van der Waals surface area (Å²) in [4.78, 5) is 4.47. The normalized spacial score (nSPS) is 12.5. The van der Waals surface area contributed by atoms with Gasteiger partial charge in [0.25, 0.3) is 0 Å². The minimum absolute atomic E-state index is 0.115. The molecule has 18 heavy (non-hydrogen) atoms. The first kappa shape index (κ1) is 13.1. The van der Waals surface area contributed by atoms with Gasteiger partial charge in [0.1, 0.15) is 11.6 Å². The van der Waals surface area contributed by atoms with Gasteiger partial charge in [0.05, 0.1) is 17.4 Å². The van der Waals surface area contributed by atoms with E-state index in [9.17, 15) is 0 Å². The summed E-state index contributed by atoms with van der Waals surface area (Å²) in [6, 6.07) is 4.06. The van der Waals surface area contributed by atoms with Crippen LogP contribution in [-0.4, -0.2) is 10.1 Å². The Bertz CT molecular complexity index is 546. The van der Waals surface area contributed by atoms with E-state index in [0.29, 0.717) is 0 Å². The zero-order valence-electron chi connectivity index (χ0n) is 10.9. The average Bonchev–Trinajstić information content (AvgIpc) is 2.64. The van der Waals surface area contributed by atoms with Crippen molar-refractivity contribution in [3.63, 3.8) is 0 Å². The highest BCUT2D eigenvalue weighted by Gasteiger charge is 2.16. The van der Waals surface area contributed by atoms with Gasteiger partial charge in [-0.15, -0.1) is 0 Å². The minimum Gasteiger partial charge on any atom is -0.363 e. The number of aryl methyl sites for hydroxylation is 3. The molecule has 0 aliphatic carbocycles. The average molecular weight is 310 g/mol. The van der Waals surface area contributed by atoms with Crippen LogP contribution in [0.1, 0.15) is 35.7 Å². The standard InChI is InChI=1S/C13H16BrN3O/c1-7-11(14)5-6-12(15-7)16-8(2)13-9(3)17-18-10(13)4/h5-6,8H,1-4H3,(H,15,16). The number of nitrogens with zero attached hydrogens (tertiary/aromatic N) is 2. The summed E-state index contributed by atoms with van der Waals surface area (Å²) < 4.78 is 6.19. The third kappa shape index (κ3) is 2.56. The first-order chi connectivity index (χ1) is 8.49. The summed E-state index contributed by atoms with van der Waals surface area (Å²) in [5.41, 5.74) is 2.98. The Morgan fingerprint density at radius 1 is 1.22 bits per heavy atom. The second-order valence-electron chi connectivity index (χ2n) is 4.37. The van der Waals surface area contributed by atoms with Gasteiger partial charge in [0, 0.05) is 10.0 Å². The van der Waals surface area contributed by atoms with Gasteiger partial charge < -0.3 is 9.84 Å². The van der Waals surface area contributed by atoms with E-state index in [1.165, 1.54) is 0 Å². The molecule has 0 spiro atoms.